The van der Waals surface area contributed by atoms with Gasteiger partial charge in [0.05, 0.1) is 5.56 Å². The van der Waals surface area contributed by atoms with Gasteiger partial charge in [-0.1, -0.05) is 12.1 Å². The van der Waals surface area contributed by atoms with Crippen LogP contribution in [-0.4, -0.2) is 57.4 Å². The minimum atomic E-state index is -4.36. The molecule has 29 heavy (non-hydrogen) atoms. The van der Waals surface area contributed by atoms with Gasteiger partial charge in [0.25, 0.3) is 15.9 Å². The van der Waals surface area contributed by atoms with Crippen molar-refractivity contribution in [2.75, 3.05) is 33.2 Å². The molecule has 1 aliphatic rings. The van der Waals surface area contributed by atoms with Gasteiger partial charge < -0.3 is 9.32 Å². The molecule has 1 N–H and O–H groups in total. The second-order valence-corrected chi connectivity index (χ2v) is 8.41. The number of hydrogen-bond acceptors (Lipinski definition) is 5. The summed E-state index contributed by atoms with van der Waals surface area (Å²) in [5, 5.41) is -0.329. The van der Waals surface area contributed by atoms with E-state index in [0.717, 1.165) is 17.7 Å². The second kappa shape index (κ2) is 8.17. The number of piperazine rings is 1. The molecular formula is C18H20F3N3O4S. The van der Waals surface area contributed by atoms with E-state index in [1.165, 1.54) is 31.3 Å². The highest BCUT2D eigenvalue weighted by Crippen LogP contribution is 2.29. The average molecular weight is 431 g/mol. The van der Waals surface area contributed by atoms with Gasteiger partial charge in [0.2, 0.25) is 5.09 Å². The molecule has 1 aromatic heterocycles. The molecule has 1 amide bonds. The highest BCUT2D eigenvalue weighted by atomic mass is 32.2. The molecule has 1 saturated heterocycles. The van der Waals surface area contributed by atoms with E-state index in [-0.39, 0.29) is 10.9 Å². The Kier molecular flexibility index (Phi) is 6.01. The molecule has 2 aromatic rings. The summed E-state index contributed by atoms with van der Waals surface area (Å²) in [6.07, 6.45) is -4.36. The van der Waals surface area contributed by atoms with E-state index in [1.807, 2.05) is 4.90 Å². The molecule has 7 nitrogen and oxygen atoms in total. The maximum atomic E-state index is 12.6. The Hall–Kier alpha value is -2.37. The molecular weight excluding hydrogens is 411 g/mol. The summed E-state index contributed by atoms with van der Waals surface area (Å²) in [4.78, 5) is 16.1. The lowest BCUT2D eigenvalue weighted by molar-refractivity contribution is -0.137. The molecule has 0 spiro atoms. The molecule has 158 valence electrons. The normalized spacial score (nSPS) is 16.2. The molecule has 3 rings (SSSR count). The van der Waals surface area contributed by atoms with Crippen molar-refractivity contribution < 1.29 is 30.8 Å². The minimum Gasteiger partial charge on any atom is -0.438 e. The molecule has 0 radical (unpaired) electrons. The zero-order valence-corrected chi connectivity index (χ0v) is 16.4. The lowest BCUT2D eigenvalue weighted by atomic mass is 10.1. The zero-order chi connectivity index (χ0) is 21.2. The molecule has 1 fully saturated rings. The highest BCUT2D eigenvalue weighted by Gasteiger charge is 2.30. The number of rotatable bonds is 5. The maximum Gasteiger partial charge on any atom is 0.416 e. The van der Waals surface area contributed by atoms with Crippen molar-refractivity contribution in [3.8, 4) is 0 Å². The van der Waals surface area contributed by atoms with E-state index in [4.69, 9.17) is 4.42 Å². The third-order valence-corrected chi connectivity index (χ3v) is 5.96. The van der Waals surface area contributed by atoms with Gasteiger partial charge in [-0.05, 0) is 36.9 Å². The number of sulfonamides is 1. The molecule has 0 unspecified atom stereocenters. The van der Waals surface area contributed by atoms with Crippen molar-refractivity contribution in [2.24, 2.45) is 0 Å². The number of nitrogens with one attached hydrogen (secondary N) is 1. The van der Waals surface area contributed by atoms with Crippen LogP contribution in [0.25, 0.3) is 0 Å². The Labute approximate surface area is 166 Å². The molecule has 0 aliphatic carbocycles. The highest BCUT2D eigenvalue weighted by molar-refractivity contribution is 7.89. The van der Waals surface area contributed by atoms with Crippen LogP contribution in [0.3, 0.4) is 0 Å². The molecule has 0 saturated carbocycles. The van der Waals surface area contributed by atoms with Crippen LogP contribution in [0.1, 0.15) is 21.7 Å². The van der Waals surface area contributed by atoms with Gasteiger partial charge in [-0.3, -0.25) is 9.69 Å². The topological polar surface area (TPSA) is 82.9 Å². The third kappa shape index (κ3) is 4.98. The van der Waals surface area contributed by atoms with Crippen LogP contribution in [0.2, 0.25) is 0 Å². The Balaban J connectivity index is 1.56. The van der Waals surface area contributed by atoms with Gasteiger partial charge in [-0.15, -0.1) is 0 Å². The van der Waals surface area contributed by atoms with Gasteiger partial charge in [-0.2, -0.15) is 13.2 Å². The molecule has 1 aromatic carbocycles. The van der Waals surface area contributed by atoms with Gasteiger partial charge in [0, 0.05) is 32.7 Å². The summed E-state index contributed by atoms with van der Waals surface area (Å²) in [6.45, 7) is 2.35. The Morgan fingerprint density at radius 2 is 1.69 bits per heavy atom. The third-order valence-electron chi connectivity index (χ3n) is 4.67. The van der Waals surface area contributed by atoms with Crippen molar-refractivity contribution in [1.29, 1.82) is 0 Å². The number of carbonyl (C=O) groups excluding carboxylic acids is 1. The summed E-state index contributed by atoms with van der Waals surface area (Å²) in [6, 6.07) is 7.56. The summed E-state index contributed by atoms with van der Waals surface area (Å²) < 4.78 is 68.6. The van der Waals surface area contributed by atoms with Crippen molar-refractivity contribution in [2.45, 2.75) is 17.8 Å². The van der Waals surface area contributed by atoms with E-state index in [9.17, 15) is 26.4 Å². The molecule has 2 heterocycles. The van der Waals surface area contributed by atoms with Gasteiger partial charge in [0.15, 0.2) is 5.76 Å². The summed E-state index contributed by atoms with van der Waals surface area (Å²) in [5.41, 5.74) is 0.0699. The fourth-order valence-electron chi connectivity index (χ4n) is 3.00. The predicted molar refractivity (Wildman–Crippen MR) is 97.6 cm³/mol. The van der Waals surface area contributed by atoms with Crippen molar-refractivity contribution >= 4 is 15.9 Å². The number of carbonyl (C=O) groups is 1. The monoisotopic (exact) mass is 431 g/mol. The van der Waals surface area contributed by atoms with Crippen LogP contribution < -0.4 is 4.72 Å². The fraction of sp³-hybridized carbons (Fsp3) is 0.389. The summed E-state index contributed by atoms with van der Waals surface area (Å²) in [5.74, 6) is -0.466. The SMILES string of the molecule is CNS(=O)(=O)c1ccc(C(=O)N2CCN(Cc3ccc(C(F)(F)F)cc3)CC2)o1. The first kappa shape index (κ1) is 21.3. The van der Waals surface area contributed by atoms with E-state index < -0.39 is 27.7 Å². The number of alkyl halides is 3. The quantitative estimate of drug-likeness (QED) is 0.785. The summed E-state index contributed by atoms with van der Waals surface area (Å²) in [7, 11) is -2.52. The first-order valence-electron chi connectivity index (χ1n) is 8.81. The van der Waals surface area contributed by atoms with Crippen molar-refractivity contribution in [1.82, 2.24) is 14.5 Å². The second-order valence-electron chi connectivity index (χ2n) is 6.59. The number of hydrogen-bond donors (Lipinski definition) is 1. The molecule has 0 bridgehead atoms. The molecule has 11 heteroatoms. The van der Waals surface area contributed by atoms with Crippen LogP contribution in [-0.2, 0) is 22.7 Å². The summed E-state index contributed by atoms with van der Waals surface area (Å²) >= 11 is 0. The zero-order valence-electron chi connectivity index (χ0n) is 15.6. The van der Waals surface area contributed by atoms with Crippen LogP contribution in [0.4, 0.5) is 13.2 Å². The van der Waals surface area contributed by atoms with E-state index in [1.54, 1.807) is 4.90 Å². The van der Waals surface area contributed by atoms with E-state index in [2.05, 4.69) is 4.72 Å². The Morgan fingerprint density at radius 3 is 2.24 bits per heavy atom. The lowest BCUT2D eigenvalue weighted by Gasteiger charge is -2.34. The van der Waals surface area contributed by atoms with Crippen LogP contribution in [0.15, 0.2) is 45.9 Å². The van der Waals surface area contributed by atoms with Crippen LogP contribution in [0, 0.1) is 0 Å². The standard InChI is InChI=1S/C18H20F3N3O4S/c1-22-29(26,27)16-7-6-15(28-16)17(25)24-10-8-23(9-11-24)12-13-2-4-14(5-3-13)18(19,20)21/h2-7,22H,8-12H2,1H3. The predicted octanol–water partition coefficient (Wildman–Crippen LogP) is 2.16. The molecule has 1 aliphatic heterocycles. The number of nitrogens with zero attached hydrogens (tertiary/aromatic N) is 2. The fourth-order valence-corrected chi connectivity index (χ4v) is 3.65. The van der Waals surface area contributed by atoms with E-state index >= 15 is 0 Å². The number of halogens is 3. The van der Waals surface area contributed by atoms with Crippen LogP contribution >= 0.6 is 0 Å². The maximum absolute atomic E-state index is 12.6. The average Bonchev–Trinajstić information content (AvgIpc) is 3.19. The van der Waals surface area contributed by atoms with Gasteiger partial charge >= 0.3 is 6.18 Å². The van der Waals surface area contributed by atoms with E-state index in [0.29, 0.717) is 32.7 Å². The Morgan fingerprint density at radius 1 is 1.07 bits per heavy atom. The van der Waals surface area contributed by atoms with Crippen LogP contribution in [0.5, 0.6) is 0 Å². The Bertz CT molecular complexity index is 963. The number of amides is 1. The lowest BCUT2D eigenvalue weighted by Crippen LogP contribution is -2.48. The molecule has 0 atom stereocenters. The van der Waals surface area contributed by atoms with Gasteiger partial charge in [0.1, 0.15) is 0 Å². The van der Waals surface area contributed by atoms with Crippen molar-refractivity contribution in [3.05, 3.63) is 53.3 Å². The van der Waals surface area contributed by atoms with Crippen molar-refractivity contribution in [3.63, 3.8) is 0 Å². The number of benzene rings is 1. The smallest absolute Gasteiger partial charge is 0.416 e. The largest absolute Gasteiger partial charge is 0.438 e. The first-order valence-corrected chi connectivity index (χ1v) is 10.3. The minimum absolute atomic E-state index is 0.0602. The van der Waals surface area contributed by atoms with Gasteiger partial charge in [-0.25, -0.2) is 13.1 Å². The number of furan rings is 1. The first-order chi connectivity index (χ1) is 13.6.